The summed E-state index contributed by atoms with van der Waals surface area (Å²) in [4.78, 5) is 35.8. The van der Waals surface area contributed by atoms with Gasteiger partial charge in [-0.05, 0) is 64.5 Å². The highest BCUT2D eigenvalue weighted by atomic mass is 32.1. The van der Waals surface area contributed by atoms with Gasteiger partial charge in [-0.1, -0.05) is 41.7 Å². The van der Waals surface area contributed by atoms with Gasteiger partial charge in [0.25, 0.3) is 5.56 Å². The predicted octanol–water partition coefficient (Wildman–Crippen LogP) is 4.38. The lowest BCUT2D eigenvalue weighted by molar-refractivity contribution is -0.143. The lowest BCUT2D eigenvalue weighted by Crippen LogP contribution is -2.40. The number of allylic oxidation sites excluding steroid dienone is 1. The smallest absolute Gasteiger partial charge is 0.338 e. The van der Waals surface area contributed by atoms with Gasteiger partial charge < -0.3 is 14.5 Å². The Kier molecular flexibility index (Phi) is 6.60. The number of H-pyrrole nitrogens is 1. The zero-order valence-corrected chi connectivity index (χ0v) is 22.3. The second-order valence-electron chi connectivity index (χ2n) is 9.25. The van der Waals surface area contributed by atoms with E-state index < -0.39 is 12.0 Å². The summed E-state index contributed by atoms with van der Waals surface area (Å²) in [6.45, 7) is 9.87. The van der Waals surface area contributed by atoms with Gasteiger partial charge in [0.05, 0.1) is 34.6 Å². The van der Waals surface area contributed by atoms with Gasteiger partial charge in [-0.2, -0.15) is 0 Å². The van der Waals surface area contributed by atoms with Crippen molar-refractivity contribution in [2.45, 2.75) is 46.8 Å². The first kappa shape index (κ1) is 24.8. The van der Waals surface area contributed by atoms with Crippen LogP contribution < -0.4 is 19.6 Å². The number of thiazole rings is 1. The molecule has 7 nitrogen and oxygen atoms in total. The van der Waals surface area contributed by atoms with E-state index in [0.29, 0.717) is 27.2 Å². The Balaban J connectivity index is 1.72. The van der Waals surface area contributed by atoms with E-state index >= 15 is 0 Å². The van der Waals surface area contributed by atoms with Crippen molar-refractivity contribution >= 4 is 34.3 Å². The Morgan fingerprint density at radius 1 is 1.16 bits per heavy atom. The first-order valence-corrected chi connectivity index (χ1v) is 13.1. The van der Waals surface area contributed by atoms with Crippen LogP contribution in [0.2, 0.25) is 0 Å². The third-order valence-corrected chi connectivity index (χ3v) is 7.29. The molecule has 0 saturated carbocycles. The Hall–Kier alpha value is -3.91. The maximum atomic E-state index is 13.9. The molecule has 5 rings (SSSR count). The molecule has 0 amide bonds. The van der Waals surface area contributed by atoms with Crippen molar-refractivity contribution in [1.29, 1.82) is 0 Å². The van der Waals surface area contributed by atoms with Gasteiger partial charge in [-0.3, -0.25) is 9.36 Å². The van der Waals surface area contributed by atoms with Gasteiger partial charge >= 0.3 is 5.97 Å². The van der Waals surface area contributed by atoms with E-state index in [1.54, 1.807) is 25.3 Å². The zero-order chi connectivity index (χ0) is 26.3. The van der Waals surface area contributed by atoms with E-state index in [4.69, 9.17) is 9.47 Å². The summed E-state index contributed by atoms with van der Waals surface area (Å²) in [5, 5.41) is 1.05. The molecular formula is C29H29N3O4S. The van der Waals surface area contributed by atoms with Gasteiger partial charge in [0.2, 0.25) is 0 Å². The number of fused-ring (bicyclic) bond motifs is 2. The standard InChI is InChI=1S/C29H29N3O4S/c1-6-35-20-13-11-19(12-14-20)26-25(28(34)36-16(2)3)18(5)31-29-32(26)27(33)24(37-29)15-22-17(4)30-23-10-8-7-9-21(22)23/h7-16,26,30H,6H2,1-5H3/b24-15+/t26-/m0/s1. The van der Waals surface area contributed by atoms with E-state index in [0.717, 1.165) is 33.5 Å². The maximum Gasteiger partial charge on any atom is 0.338 e. The average molecular weight is 516 g/mol. The largest absolute Gasteiger partial charge is 0.494 e. The van der Waals surface area contributed by atoms with Gasteiger partial charge in [-0.15, -0.1) is 0 Å². The summed E-state index contributed by atoms with van der Waals surface area (Å²) in [7, 11) is 0. The van der Waals surface area contributed by atoms with Crippen LogP contribution in [-0.4, -0.2) is 28.2 Å². The summed E-state index contributed by atoms with van der Waals surface area (Å²) in [6.07, 6.45) is 1.61. The molecule has 0 aliphatic carbocycles. The highest BCUT2D eigenvalue weighted by Crippen LogP contribution is 2.32. The van der Waals surface area contributed by atoms with Crippen molar-refractivity contribution in [1.82, 2.24) is 9.55 Å². The second kappa shape index (κ2) is 9.86. The minimum absolute atomic E-state index is 0.199. The molecule has 1 atom stereocenters. The minimum Gasteiger partial charge on any atom is -0.494 e. The Morgan fingerprint density at radius 3 is 2.59 bits per heavy atom. The molecule has 2 aromatic carbocycles. The topological polar surface area (TPSA) is 85.7 Å². The van der Waals surface area contributed by atoms with Crippen LogP contribution in [0.15, 0.2) is 69.6 Å². The predicted molar refractivity (Wildman–Crippen MR) is 146 cm³/mol. The molecule has 8 heteroatoms. The number of hydrogen-bond acceptors (Lipinski definition) is 6. The number of aryl methyl sites for hydroxylation is 1. The van der Waals surface area contributed by atoms with Crippen LogP contribution >= 0.6 is 11.3 Å². The van der Waals surface area contributed by atoms with E-state index in [9.17, 15) is 9.59 Å². The Morgan fingerprint density at radius 2 is 1.89 bits per heavy atom. The van der Waals surface area contributed by atoms with Gasteiger partial charge in [0.1, 0.15) is 5.75 Å². The van der Waals surface area contributed by atoms with Crippen molar-refractivity contribution in [3.8, 4) is 5.75 Å². The molecule has 37 heavy (non-hydrogen) atoms. The molecule has 0 radical (unpaired) electrons. The quantitative estimate of drug-likeness (QED) is 0.386. The number of carbonyl (C=O) groups is 1. The molecule has 190 valence electrons. The molecule has 0 saturated heterocycles. The number of aromatic amines is 1. The molecule has 2 aromatic heterocycles. The molecule has 1 aliphatic heterocycles. The number of nitrogens with one attached hydrogen (secondary N) is 1. The lowest BCUT2D eigenvalue weighted by Gasteiger charge is -2.25. The normalized spacial score (nSPS) is 15.7. The molecule has 0 fully saturated rings. The molecule has 0 spiro atoms. The van der Waals surface area contributed by atoms with Crippen molar-refractivity contribution in [3.05, 3.63) is 96.3 Å². The average Bonchev–Trinajstić information content (AvgIpc) is 3.34. The Bertz CT molecular complexity index is 1700. The molecule has 1 aliphatic rings. The van der Waals surface area contributed by atoms with E-state index in [1.807, 2.05) is 68.5 Å². The fourth-order valence-electron chi connectivity index (χ4n) is 4.70. The monoisotopic (exact) mass is 515 g/mol. The van der Waals surface area contributed by atoms with Gasteiger partial charge in [0, 0.05) is 22.2 Å². The summed E-state index contributed by atoms with van der Waals surface area (Å²) >= 11 is 1.32. The number of carbonyl (C=O) groups excluding carboxylic acids is 1. The third kappa shape index (κ3) is 4.53. The number of ether oxygens (including phenoxy) is 2. The van der Waals surface area contributed by atoms with Crippen molar-refractivity contribution in [2.24, 2.45) is 4.99 Å². The fourth-order valence-corrected chi connectivity index (χ4v) is 5.73. The molecule has 3 heterocycles. The summed E-state index contributed by atoms with van der Waals surface area (Å²) in [5.74, 6) is 0.248. The van der Waals surface area contributed by atoms with Crippen LogP contribution in [0.25, 0.3) is 17.0 Å². The van der Waals surface area contributed by atoms with Crippen LogP contribution in [0.4, 0.5) is 0 Å². The van der Waals surface area contributed by atoms with E-state index in [1.165, 1.54) is 11.3 Å². The second-order valence-corrected chi connectivity index (χ2v) is 10.3. The maximum absolute atomic E-state index is 13.9. The first-order chi connectivity index (χ1) is 17.8. The highest BCUT2D eigenvalue weighted by Gasteiger charge is 2.33. The van der Waals surface area contributed by atoms with Gasteiger partial charge in [-0.25, -0.2) is 9.79 Å². The fraction of sp³-hybridized carbons (Fsp3) is 0.276. The summed E-state index contributed by atoms with van der Waals surface area (Å²) in [6, 6.07) is 14.8. The summed E-state index contributed by atoms with van der Waals surface area (Å²) < 4.78 is 13.3. The van der Waals surface area contributed by atoms with Gasteiger partial charge in [0.15, 0.2) is 4.80 Å². The molecule has 0 bridgehead atoms. The van der Waals surface area contributed by atoms with Crippen LogP contribution in [0, 0.1) is 6.92 Å². The number of aromatic nitrogens is 2. The molecular weight excluding hydrogens is 486 g/mol. The number of hydrogen-bond donors (Lipinski definition) is 1. The minimum atomic E-state index is -0.663. The zero-order valence-electron chi connectivity index (χ0n) is 21.5. The summed E-state index contributed by atoms with van der Waals surface area (Å²) in [5.41, 5.74) is 4.45. The molecule has 1 N–H and O–H groups in total. The number of para-hydroxylation sites is 1. The third-order valence-electron chi connectivity index (χ3n) is 6.31. The lowest BCUT2D eigenvalue weighted by atomic mass is 9.96. The Labute approximate surface area is 218 Å². The first-order valence-electron chi connectivity index (χ1n) is 12.3. The van der Waals surface area contributed by atoms with Crippen molar-refractivity contribution < 1.29 is 14.3 Å². The number of esters is 1. The number of benzene rings is 2. The van der Waals surface area contributed by atoms with Crippen LogP contribution in [0.5, 0.6) is 5.75 Å². The number of nitrogens with zero attached hydrogens (tertiary/aromatic N) is 2. The van der Waals surface area contributed by atoms with Crippen LogP contribution in [-0.2, 0) is 9.53 Å². The van der Waals surface area contributed by atoms with Crippen molar-refractivity contribution in [2.75, 3.05) is 6.61 Å². The van der Waals surface area contributed by atoms with Crippen LogP contribution in [0.1, 0.15) is 50.6 Å². The SMILES string of the molecule is CCOc1ccc([C@H]2C(C(=O)OC(C)C)=C(C)N=c3s/c(=C/c4c(C)[nH]c5ccccc45)c(=O)n32)cc1. The van der Waals surface area contributed by atoms with Crippen LogP contribution in [0.3, 0.4) is 0 Å². The number of rotatable bonds is 6. The molecule has 0 unspecified atom stereocenters. The molecule has 4 aromatic rings. The highest BCUT2D eigenvalue weighted by molar-refractivity contribution is 7.07. The van der Waals surface area contributed by atoms with E-state index in [-0.39, 0.29) is 11.7 Å². The van der Waals surface area contributed by atoms with Crippen molar-refractivity contribution in [3.63, 3.8) is 0 Å². The van der Waals surface area contributed by atoms with E-state index in [2.05, 4.69) is 9.98 Å².